The van der Waals surface area contributed by atoms with E-state index in [1.807, 2.05) is 37.3 Å². The standard InChI is InChI=1S/C22H22N4O5S/c1-16(17-8-4-3-5-9-17)15-23-24-19-13-12-18(14-21(19)26(27)28)32(29,30)25-20-10-6-7-11-22(20)31-2/h3-16,24-25H,1-2H3/b23-15+. The number of sulfonamides is 1. The topological polar surface area (TPSA) is 123 Å². The number of hydrogen-bond acceptors (Lipinski definition) is 7. The molecule has 0 aliphatic carbocycles. The van der Waals surface area contributed by atoms with E-state index in [0.29, 0.717) is 5.75 Å². The lowest BCUT2D eigenvalue weighted by molar-refractivity contribution is -0.384. The summed E-state index contributed by atoms with van der Waals surface area (Å²) < 4.78 is 33.1. The highest BCUT2D eigenvalue weighted by Gasteiger charge is 2.22. The molecule has 0 spiro atoms. The maximum atomic E-state index is 12.8. The predicted molar refractivity (Wildman–Crippen MR) is 124 cm³/mol. The molecule has 32 heavy (non-hydrogen) atoms. The number of anilines is 2. The van der Waals surface area contributed by atoms with E-state index in [2.05, 4.69) is 15.2 Å². The summed E-state index contributed by atoms with van der Waals surface area (Å²) in [5.41, 5.74) is 3.55. The fourth-order valence-electron chi connectivity index (χ4n) is 2.92. The van der Waals surface area contributed by atoms with Crippen molar-refractivity contribution in [2.24, 2.45) is 5.10 Å². The minimum atomic E-state index is -4.09. The Morgan fingerprint density at radius 3 is 2.41 bits per heavy atom. The number of rotatable bonds is 9. The summed E-state index contributed by atoms with van der Waals surface area (Å²) in [6.45, 7) is 1.94. The van der Waals surface area contributed by atoms with E-state index in [9.17, 15) is 18.5 Å². The minimum Gasteiger partial charge on any atom is -0.495 e. The second-order valence-electron chi connectivity index (χ2n) is 6.83. The molecule has 0 saturated carbocycles. The molecule has 166 valence electrons. The van der Waals surface area contributed by atoms with E-state index in [0.717, 1.165) is 11.6 Å². The number of nitrogens with one attached hydrogen (secondary N) is 2. The predicted octanol–water partition coefficient (Wildman–Crippen LogP) is 4.61. The quantitative estimate of drug-likeness (QED) is 0.277. The van der Waals surface area contributed by atoms with E-state index < -0.39 is 20.6 Å². The molecule has 0 aliphatic heterocycles. The van der Waals surface area contributed by atoms with Gasteiger partial charge in [-0.05, 0) is 29.8 Å². The first-order valence-corrected chi connectivity index (χ1v) is 11.1. The number of hydrazone groups is 1. The van der Waals surface area contributed by atoms with E-state index in [1.54, 1.807) is 24.4 Å². The molecule has 3 aromatic rings. The van der Waals surface area contributed by atoms with Gasteiger partial charge >= 0.3 is 0 Å². The third-order valence-corrected chi connectivity index (χ3v) is 6.00. The van der Waals surface area contributed by atoms with Gasteiger partial charge in [0, 0.05) is 18.2 Å². The Hall–Kier alpha value is -3.92. The molecule has 0 heterocycles. The zero-order valence-corrected chi connectivity index (χ0v) is 18.2. The van der Waals surface area contributed by atoms with Crippen LogP contribution in [0.15, 0.2) is 82.8 Å². The molecule has 0 aliphatic rings. The van der Waals surface area contributed by atoms with E-state index >= 15 is 0 Å². The highest BCUT2D eigenvalue weighted by molar-refractivity contribution is 7.92. The first kappa shape index (κ1) is 22.8. The summed E-state index contributed by atoms with van der Waals surface area (Å²) in [6, 6.07) is 19.7. The molecular weight excluding hydrogens is 432 g/mol. The van der Waals surface area contributed by atoms with Gasteiger partial charge in [-0.15, -0.1) is 0 Å². The summed E-state index contributed by atoms with van der Waals surface area (Å²) >= 11 is 0. The van der Waals surface area contributed by atoms with Crippen LogP contribution >= 0.6 is 0 Å². The second-order valence-corrected chi connectivity index (χ2v) is 8.51. The Labute approximate surface area is 185 Å². The summed E-state index contributed by atoms with van der Waals surface area (Å²) in [4.78, 5) is 10.6. The van der Waals surface area contributed by atoms with Gasteiger partial charge in [0.15, 0.2) is 0 Å². The first-order chi connectivity index (χ1) is 15.3. The summed E-state index contributed by atoms with van der Waals surface area (Å²) in [7, 11) is -2.68. The number of nitro benzene ring substituents is 1. The van der Waals surface area contributed by atoms with Gasteiger partial charge in [-0.2, -0.15) is 5.10 Å². The lowest BCUT2D eigenvalue weighted by Crippen LogP contribution is -2.14. The van der Waals surface area contributed by atoms with Crippen LogP contribution in [-0.2, 0) is 10.0 Å². The third-order valence-electron chi connectivity index (χ3n) is 4.64. The lowest BCUT2D eigenvalue weighted by Gasteiger charge is -2.12. The maximum absolute atomic E-state index is 12.8. The normalized spacial score (nSPS) is 12.3. The molecular formula is C22H22N4O5S. The van der Waals surface area contributed by atoms with Crippen LogP contribution < -0.4 is 14.9 Å². The SMILES string of the molecule is COc1ccccc1NS(=O)(=O)c1ccc(N/N=C/C(C)c2ccccc2)c([N+](=O)[O-])c1. The van der Waals surface area contributed by atoms with Crippen molar-refractivity contribution in [1.29, 1.82) is 0 Å². The molecule has 1 atom stereocenters. The van der Waals surface area contributed by atoms with Crippen LogP contribution in [0, 0.1) is 10.1 Å². The average molecular weight is 455 g/mol. The Balaban J connectivity index is 1.82. The van der Waals surface area contributed by atoms with Gasteiger partial charge in [0.25, 0.3) is 15.7 Å². The van der Waals surface area contributed by atoms with Crippen LogP contribution in [0.1, 0.15) is 18.4 Å². The number of nitro groups is 1. The van der Waals surface area contributed by atoms with Gasteiger partial charge in [0.1, 0.15) is 11.4 Å². The van der Waals surface area contributed by atoms with E-state index in [4.69, 9.17) is 4.74 Å². The van der Waals surface area contributed by atoms with Crippen LogP contribution in [0.25, 0.3) is 0 Å². The molecule has 10 heteroatoms. The van der Waals surface area contributed by atoms with Crippen LogP contribution in [-0.4, -0.2) is 26.7 Å². The Bertz CT molecular complexity index is 1230. The van der Waals surface area contributed by atoms with Crippen molar-refractivity contribution < 1.29 is 18.1 Å². The van der Waals surface area contributed by atoms with Crippen molar-refractivity contribution >= 4 is 33.3 Å². The molecule has 1 unspecified atom stereocenters. The number of ether oxygens (including phenoxy) is 1. The van der Waals surface area contributed by atoms with Gasteiger partial charge in [0.2, 0.25) is 0 Å². The number of para-hydroxylation sites is 2. The Morgan fingerprint density at radius 2 is 1.72 bits per heavy atom. The average Bonchev–Trinajstić information content (AvgIpc) is 2.79. The maximum Gasteiger partial charge on any atom is 0.295 e. The summed E-state index contributed by atoms with van der Waals surface area (Å²) in [5.74, 6) is 0.304. The highest BCUT2D eigenvalue weighted by Crippen LogP contribution is 2.30. The fourth-order valence-corrected chi connectivity index (χ4v) is 4.01. The summed E-state index contributed by atoms with van der Waals surface area (Å²) in [5, 5.41) is 15.6. The van der Waals surface area contributed by atoms with Gasteiger partial charge in [-0.25, -0.2) is 8.42 Å². The molecule has 0 saturated heterocycles. The number of methoxy groups -OCH3 is 1. The highest BCUT2D eigenvalue weighted by atomic mass is 32.2. The molecule has 3 aromatic carbocycles. The zero-order chi connectivity index (χ0) is 23.1. The smallest absolute Gasteiger partial charge is 0.295 e. The van der Waals surface area contributed by atoms with Crippen molar-refractivity contribution in [2.45, 2.75) is 17.7 Å². The molecule has 9 nitrogen and oxygen atoms in total. The zero-order valence-electron chi connectivity index (χ0n) is 17.4. The van der Waals surface area contributed by atoms with Crippen molar-refractivity contribution in [3.63, 3.8) is 0 Å². The molecule has 0 bridgehead atoms. The molecule has 0 aromatic heterocycles. The Morgan fingerprint density at radius 1 is 1.03 bits per heavy atom. The van der Waals surface area contributed by atoms with Crippen LogP contribution in [0.2, 0.25) is 0 Å². The molecule has 0 radical (unpaired) electrons. The fraction of sp³-hybridized carbons (Fsp3) is 0.136. The second kappa shape index (κ2) is 9.92. The van der Waals surface area contributed by atoms with Crippen molar-refractivity contribution in [2.75, 3.05) is 17.3 Å². The van der Waals surface area contributed by atoms with Crippen LogP contribution in [0.3, 0.4) is 0 Å². The van der Waals surface area contributed by atoms with Gasteiger partial charge < -0.3 is 4.74 Å². The van der Waals surface area contributed by atoms with Crippen molar-refractivity contribution in [1.82, 2.24) is 0 Å². The first-order valence-electron chi connectivity index (χ1n) is 9.60. The van der Waals surface area contributed by atoms with Crippen LogP contribution in [0.5, 0.6) is 5.75 Å². The van der Waals surface area contributed by atoms with E-state index in [-0.39, 0.29) is 22.2 Å². The Kier molecular flexibility index (Phi) is 7.06. The van der Waals surface area contributed by atoms with Crippen molar-refractivity contribution in [3.05, 3.63) is 88.5 Å². The van der Waals surface area contributed by atoms with Crippen molar-refractivity contribution in [3.8, 4) is 5.75 Å². The molecule has 0 fully saturated rings. The van der Waals surface area contributed by atoms with Crippen LogP contribution in [0.4, 0.5) is 17.1 Å². The molecule has 2 N–H and O–H groups in total. The third kappa shape index (κ3) is 5.41. The minimum absolute atomic E-state index is 0.0209. The lowest BCUT2D eigenvalue weighted by atomic mass is 10.0. The monoisotopic (exact) mass is 454 g/mol. The van der Waals surface area contributed by atoms with Gasteiger partial charge in [-0.3, -0.25) is 20.3 Å². The number of nitrogens with zero attached hydrogens (tertiary/aromatic N) is 2. The molecule has 3 rings (SSSR count). The number of hydrogen-bond donors (Lipinski definition) is 2. The number of benzene rings is 3. The van der Waals surface area contributed by atoms with Gasteiger partial charge in [0.05, 0.1) is 22.6 Å². The largest absolute Gasteiger partial charge is 0.495 e. The summed E-state index contributed by atoms with van der Waals surface area (Å²) in [6.07, 6.45) is 1.62. The van der Waals surface area contributed by atoms with E-state index in [1.165, 1.54) is 25.3 Å². The molecule has 0 amide bonds. The van der Waals surface area contributed by atoms with Gasteiger partial charge in [-0.1, -0.05) is 49.4 Å².